The molecule has 12 heavy (non-hydrogen) atoms. The number of hydrogen-bond acceptors (Lipinski definition) is 1. The summed E-state index contributed by atoms with van der Waals surface area (Å²) < 4.78 is 0. The highest BCUT2D eigenvalue weighted by Crippen LogP contribution is 2.05. The second-order valence-electron chi connectivity index (χ2n) is 3.96. The first-order valence-corrected chi connectivity index (χ1v) is 4.96. The van der Waals surface area contributed by atoms with Crippen LogP contribution in [0.25, 0.3) is 0 Å². The van der Waals surface area contributed by atoms with E-state index in [0.717, 1.165) is 19.0 Å². The quantitative estimate of drug-likeness (QED) is 0.603. The second-order valence-corrected chi connectivity index (χ2v) is 3.96. The summed E-state index contributed by atoms with van der Waals surface area (Å²) in [6.45, 7) is 15.0. The Morgan fingerprint density at radius 1 is 1.33 bits per heavy atom. The highest BCUT2D eigenvalue weighted by Gasteiger charge is 2.01. The topological polar surface area (TPSA) is 12.0 Å². The van der Waals surface area contributed by atoms with Gasteiger partial charge in [0.15, 0.2) is 0 Å². The highest BCUT2D eigenvalue weighted by molar-refractivity contribution is 4.99. The van der Waals surface area contributed by atoms with Crippen molar-refractivity contribution in [2.75, 3.05) is 13.1 Å². The molecule has 0 aliphatic carbocycles. The summed E-state index contributed by atoms with van der Waals surface area (Å²) in [4.78, 5) is 0. The van der Waals surface area contributed by atoms with Crippen molar-refractivity contribution < 1.29 is 0 Å². The average molecular weight is 169 g/mol. The predicted octanol–water partition coefficient (Wildman–Crippen LogP) is 2.83. The van der Waals surface area contributed by atoms with Crippen molar-refractivity contribution in [1.82, 2.24) is 5.32 Å². The van der Waals surface area contributed by atoms with E-state index in [1.165, 1.54) is 12.0 Å². The van der Waals surface area contributed by atoms with Crippen LogP contribution < -0.4 is 5.32 Å². The van der Waals surface area contributed by atoms with Gasteiger partial charge in [0.1, 0.15) is 0 Å². The zero-order valence-electron chi connectivity index (χ0n) is 8.98. The molecule has 0 amide bonds. The first kappa shape index (κ1) is 11.7. The minimum atomic E-state index is 0.606. The molecule has 0 aromatic heterocycles. The van der Waals surface area contributed by atoms with E-state index in [2.05, 4.69) is 39.6 Å². The van der Waals surface area contributed by atoms with Crippen LogP contribution in [-0.4, -0.2) is 13.1 Å². The lowest BCUT2D eigenvalue weighted by atomic mass is 10.1. The summed E-state index contributed by atoms with van der Waals surface area (Å²) in [6.07, 6.45) is 1.25. The average Bonchev–Trinajstić information content (AvgIpc) is 2.03. The van der Waals surface area contributed by atoms with Gasteiger partial charge < -0.3 is 5.32 Å². The van der Waals surface area contributed by atoms with Crippen molar-refractivity contribution in [1.29, 1.82) is 0 Å². The Balaban J connectivity index is 3.37. The van der Waals surface area contributed by atoms with Gasteiger partial charge in [-0.1, -0.05) is 46.3 Å². The third-order valence-corrected chi connectivity index (χ3v) is 2.36. The number of nitrogens with one attached hydrogen (secondary N) is 1. The number of hydrogen-bond donors (Lipinski definition) is 1. The van der Waals surface area contributed by atoms with Gasteiger partial charge in [0.25, 0.3) is 0 Å². The third kappa shape index (κ3) is 5.36. The molecule has 0 aromatic carbocycles. The molecule has 0 rings (SSSR count). The maximum absolute atomic E-state index is 4.01. The summed E-state index contributed by atoms with van der Waals surface area (Å²) in [7, 11) is 0. The van der Waals surface area contributed by atoms with E-state index in [9.17, 15) is 0 Å². The van der Waals surface area contributed by atoms with Gasteiger partial charge in [-0.2, -0.15) is 0 Å². The number of rotatable bonds is 6. The van der Waals surface area contributed by atoms with Gasteiger partial charge in [0.05, 0.1) is 0 Å². The van der Waals surface area contributed by atoms with Crippen molar-refractivity contribution >= 4 is 0 Å². The van der Waals surface area contributed by atoms with E-state index in [1.807, 2.05) is 0 Å². The zero-order chi connectivity index (χ0) is 9.56. The lowest BCUT2D eigenvalue weighted by Gasteiger charge is -2.13. The van der Waals surface area contributed by atoms with Gasteiger partial charge in [-0.25, -0.2) is 0 Å². The van der Waals surface area contributed by atoms with Crippen LogP contribution >= 0.6 is 0 Å². The molecule has 0 saturated heterocycles. The Kier molecular flexibility index (Phi) is 6.09. The van der Waals surface area contributed by atoms with Crippen molar-refractivity contribution in [3.63, 3.8) is 0 Å². The van der Waals surface area contributed by atoms with Crippen LogP contribution in [0.15, 0.2) is 12.2 Å². The molecule has 1 N–H and O–H groups in total. The van der Waals surface area contributed by atoms with E-state index < -0.39 is 0 Å². The molecule has 0 aromatic rings. The Hall–Kier alpha value is -0.300. The molecule has 0 bridgehead atoms. The van der Waals surface area contributed by atoms with E-state index in [-0.39, 0.29) is 0 Å². The Morgan fingerprint density at radius 3 is 2.33 bits per heavy atom. The fourth-order valence-electron chi connectivity index (χ4n) is 0.828. The molecule has 1 nitrogen and oxygen atoms in total. The van der Waals surface area contributed by atoms with Crippen LogP contribution in [0.5, 0.6) is 0 Å². The fourth-order valence-corrected chi connectivity index (χ4v) is 0.828. The largest absolute Gasteiger partial charge is 0.313 e. The van der Waals surface area contributed by atoms with Crippen LogP contribution in [0.2, 0.25) is 0 Å². The van der Waals surface area contributed by atoms with Gasteiger partial charge in [0.2, 0.25) is 0 Å². The Labute approximate surface area is 77.2 Å². The van der Waals surface area contributed by atoms with Crippen molar-refractivity contribution in [3.8, 4) is 0 Å². The monoisotopic (exact) mass is 169 g/mol. The molecule has 0 saturated carbocycles. The lowest BCUT2D eigenvalue weighted by molar-refractivity contribution is 0.506. The van der Waals surface area contributed by atoms with E-state index in [1.54, 1.807) is 0 Å². The van der Waals surface area contributed by atoms with E-state index in [4.69, 9.17) is 0 Å². The van der Waals surface area contributed by atoms with E-state index in [0.29, 0.717) is 5.92 Å². The summed E-state index contributed by atoms with van der Waals surface area (Å²) in [5.41, 5.74) is 1.30. The molecule has 72 valence electrons. The van der Waals surface area contributed by atoms with Gasteiger partial charge in [0, 0.05) is 6.54 Å². The summed E-state index contributed by atoms with van der Waals surface area (Å²) in [5, 5.41) is 3.42. The van der Waals surface area contributed by atoms with Crippen molar-refractivity contribution in [3.05, 3.63) is 12.2 Å². The smallest absolute Gasteiger partial charge is 0.0164 e. The molecule has 0 radical (unpaired) electrons. The molecule has 0 aliphatic heterocycles. The highest BCUT2D eigenvalue weighted by atomic mass is 14.9. The summed E-state index contributed by atoms with van der Waals surface area (Å²) in [6, 6.07) is 0. The zero-order valence-corrected chi connectivity index (χ0v) is 8.98. The molecule has 0 spiro atoms. The molecule has 1 heteroatoms. The maximum atomic E-state index is 4.01. The Morgan fingerprint density at radius 2 is 1.92 bits per heavy atom. The standard InChI is InChI=1S/C11H23N/c1-6-10(4)7-12-8-11(5)9(2)3/h9-10,12H,5-8H2,1-4H3. The molecular weight excluding hydrogens is 146 g/mol. The first-order valence-electron chi connectivity index (χ1n) is 4.96. The van der Waals surface area contributed by atoms with Crippen molar-refractivity contribution in [2.24, 2.45) is 11.8 Å². The summed E-state index contributed by atoms with van der Waals surface area (Å²) >= 11 is 0. The predicted molar refractivity (Wildman–Crippen MR) is 56.3 cm³/mol. The van der Waals surface area contributed by atoms with Crippen LogP contribution in [0.3, 0.4) is 0 Å². The lowest BCUT2D eigenvalue weighted by Crippen LogP contribution is -2.24. The van der Waals surface area contributed by atoms with Crippen LogP contribution in [0.4, 0.5) is 0 Å². The fraction of sp³-hybridized carbons (Fsp3) is 0.818. The molecular formula is C11H23N. The van der Waals surface area contributed by atoms with Gasteiger partial charge in [-0.15, -0.1) is 0 Å². The SMILES string of the molecule is C=C(CNCC(C)CC)C(C)C. The molecule has 0 aliphatic rings. The Bertz CT molecular complexity index is 127. The molecule has 1 unspecified atom stereocenters. The third-order valence-electron chi connectivity index (χ3n) is 2.36. The van der Waals surface area contributed by atoms with Gasteiger partial charge in [-0.05, 0) is 18.4 Å². The van der Waals surface area contributed by atoms with Gasteiger partial charge >= 0.3 is 0 Å². The summed E-state index contributed by atoms with van der Waals surface area (Å²) in [5.74, 6) is 1.39. The van der Waals surface area contributed by atoms with Crippen LogP contribution in [0.1, 0.15) is 34.1 Å². The first-order chi connectivity index (χ1) is 5.57. The minimum absolute atomic E-state index is 0.606. The molecule has 0 heterocycles. The molecule has 0 fully saturated rings. The van der Waals surface area contributed by atoms with Gasteiger partial charge in [-0.3, -0.25) is 0 Å². The molecule has 1 atom stereocenters. The minimum Gasteiger partial charge on any atom is -0.313 e. The van der Waals surface area contributed by atoms with E-state index >= 15 is 0 Å². The van der Waals surface area contributed by atoms with Crippen LogP contribution in [-0.2, 0) is 0 Å². The van der Waals surface area contributed by atoms with Crippen molar-refractivity contribution in [2.45, 2.75) is 34.1 Å². The maximum Gasteiger partial charge on any atom is 0.0164 e. The second kappa shape index (κ2) is 6.24. The normalized spacial score (nSPS) is 13.4. The van der Waals surface area contributed by atoms with Crippen LogP contribution in [0, 0.1) is 11.8 Å².